The molecular weight excluding hydrogens is 379 g/mol. The van der Waals surface area contributed by atoms with Crippen molar-refractivity contribution in [1.82, 2.24) is 19.5 Å². The summed E-state index contributed by atoms with van der Waals surface area (Å²) in [5.41, 5.74) is 3.28. The lowest BCUT2D eigenvalue weighted by Gasteiger charge is -2.16. The fourth-order valence-electron chi connectivity index (χ4n) is 4.01. The van der Waals surface area contributed by atoms with E-state index in [9.17, 15) is 4.39 Å². The minimum atomic E-state index is -0.267. The summed E-state index contributed by atoms with van der Waals surface area (Å²) < 4.78 is 21.5. The summed E-state index contributed by atoms with van der Waals surface area (Å²) in [5.74, 6) is 0.411. The molecule has 5 rings (SSSR count). The molecule has 2 aromatic carbocycles. The van der Waals surface area contributed by atoms with Crippen LogP contribution in [0.15, 0.2) is 73.2 Å². The third-order valence-corrected chi connectivity index (χ3v) is 5.46. The Morgan fingerprint density at radius 1 is 0.900 bits per heavy atom. The molecule has 0 spiro atoms. The van der Waals surface area contributed by atoms with Gasteiger partial charge >= 0.3 is 6.01 Å². The molecule has 0 bridgehead atoms. The minimum Gasteiger partial charge on any atom is -0.424 e. The molecule has 2 heterocycles. The van der Waals surface area contributed by atoms with Gasteiger partial charge in [-0.2, -0.15) is 4.98 Å². The first-order valence-corrected chi connectivity index (χ1v) is 10.2. The van der Waals surface area contributed by atoms with E-state index in [4.69, 9.17) is 4.74 Å². The Bertz CT molecular complexity index is 1140. The Balaban J connectivity index is 1.59. The Labute approximate surface area is 174 Å². The second-order valence-corrected chi connectivity index (χ2v) is 7.43. The third-order valence-electron chi connectivity index (χ3n) is 5.46. The maximum atomic E-state index is 13.5. The van der Waals surface area contributed by atoms with Crippen molar-refractivity contribution in [2.75, 3.05) is 0 Å². The van der Waals surface area contributed by atoms with Crippen LogP contribution in [0.1, 0.15) is 31.7 Å². The van der Waals surface area contributed by atoms with Gasteiger partial charge in [0.1, 0.15) is 11.6 Å². The lowest BCUT2D eigenvalue weighted by Crippen LogP contribution is -2.06. The number of benzene rings is 2. The average molecular weight is 400 g/mol. The molecule has 30 heavy (non-hydrogen) atoms. The van der Waals surface area contributed by atoms with E-state index in [0.29, 0.717) is 11.8 Å². The van der Waals surface area contributed by atoms with Gasteiger partial charge in [-0.1, -0.05) is 31.0 Å². The first kappa shape index (κ1) is 18.5. The number of aromatic nitrogens is 4. The molecule has 1 fully saturated rings. The van der Waals surface area contributed by atoms with E-state index in [1.807, 2.05) is 42.7 Å². The summed E-state index contributed by atoms with van der Waals surface area (Å²) in [4.78, 5) is 13.6. The van der Waals surface area contributed by atoms with Gasteiger partial charge in [0.2, 0.25) is 0 Å². The summed E-state index contributed by atoms with van der Waals surface area (Å²) in [7, 11) is 0. The lowest BCUT2D eigenvalue weighted by atomic mass is 10.1. The Morgan fingerprint density at radius 3 is 2.43 bits per heavy atom. The van der Waals surface area contributed by atoms with Crippen LogP contribution >= 0.6 is 0 Å². The first-order chi connectivity index (χ1) is 14.8. The average Bonchev–Trinajstić information content (AvgIpc) is 3.45. The lowest BCUT2D eigenvalue weighted by molar-refractivity contribution is 0.442. The van der Waals surface area contributed by atoms with Gasteiger partial charge in [-0.25, -0.2) is 14.4 Å². The summed E-state index contributed by atoms with van der Waals surface area (Å²) >= 11 is 0. The smallest absolute Gasteiger partial charge is 0.322 e. The molecule has 1 saturated carbocycles. The number of hydrogen-bond acceptors (Lipinski definition) is 4. The van der Waals surface area contributed by atoms with Crippen molar-refractivity contribution >= 4 is 0 Å². The van der Waals surface area contributed by atoms with Gasteiger partial charge in [0.05, 0.1) is 23.4 Å². The molecule has 5 nitrogen and oxygen atoms in total. The molecule has 0 aliphatic heterocycles. The van der Waals surface area contributed by atoms with Crippen LogP contribution in [0.2, 0.25) is 0 Å². The van der Waals surface area contributed by atoms with E-state index >= 15 is 0 Å². The predicted octanol–water partition coefficient (Wildman–Crippen LogP) is 6.05. The van der Waals surface area contributed by atoms with E-state index < -0.39 is 0 Å². The molecule has 150 valence electrons. The molecule has 1 aliphatic carbocycles. The van der Waals surface area contributed by atoms with Crippen molar-refractivity contribution in [3.05, 3.63) is 79.0 Å². The maximum Gasteiger partial charge on any atom is 0.322 e. The molecular formula is C24H21FN4O. The SMILES string of the molecule is Fc1ccc(-c2ncn(C3CCCC3)c2-c2ccnc(Oc3ccccc3)n2)cc1. The van der Waals surface area contributed by atoms with Crippen molar-refractivity contribution < 1.29 is 9.13 Å². The normalized spacial score (nSPS) is 14.2. The largest absolute Gasteiger partial charge is 0.424 e. The fraction of sp³-hybridized carbons (Fsp3) is 0.208. The van der Waals surface area contributed by atoms with Crippen LogP contribution in [0.3, 0.4) is 0 Å². The van der Waals surface area contributed by atoms with Crippen LogP contribution in [0.5, 0.6) is 11.8 Å². The molecule has 0 amide bonds. The number of para-hydroxylation sites is 1. The van der Waals surface area contributed by atoms with Crippen LogP contribution < -0.4 is 4.74 Å². The topological polar surface area (TPSA) is 52.8 Å². The molecule has 0 N–H and O–H groups in total. The summed E-state index contributed by atoms with van der Waals surface area (Å²) in [6, 6.07) is 18.4. The van der Waals surface area contributed by atoms with Gasteiger partial charge in [0, 0.05) is 17.8 Å². The van der Waals surface area contributed by atoms with E-state index in [1.165, 1.54) is 25.0 Å². The van der Waals surface area contributed by atoms with Gasteiger partial charge in [0.25, 0.3) is 0 Å². The standard InChI is InChI=1S/C24H21FN4O/c25-18-12-10-17(11-13-18)22-23(29(16-27-22)19-6-4-5-7-19)21-14-15-26-24(28-21)30-20-8-2-1-3-9-20/h1-3,8-16,19H,4-7H2. The molecule has 0 radical (unpaired) electrons. The molecule has 6 heteroatoms. The molecule has 4 aromatic rings. The van der Waals surface area contributed by atoms with Gasteiger partial charge in [0.15, 0.2) is 0 Å². The highest BCUT2D eigenvalue weighted by Crippen LogP contribution is 2.38. The van der Waals surface area contributed by atoms with Crippen LogP contribution in [0, 0.1) is 5.82 Å². The number of hydrogen-bond donors (Lipinski definition) is 0. The highest BCUT2D eigenvalue weighted by molar-refractivity contribution is 5.77. The van der Waals surface area contributed by atoms with Crippen LogP contribution in [0.25, 0.3) is 22.6 Å². The van der Waals surface area contributed by atoms with Crippen molar-refractivity contribution in [3.63, 3.8) is 0 Å². The van der Waals surface area contributed by atoms with Crippen LogP contribution in [0.4, 0.5) is 4.39 Å². The Hall–Kier alpha value is -3.54. The minimum absolute atomic E-state index is 0.267. The number of rotatable bonds is 5. The first-order valence-electron chi connectivity index (χ1n) is 10.2. The number of halogens is 1. The van der Waals surface area contributed by atoms with Crippen molar-refractivity contribution in [2.24, 2.45) is 0 Å². The maximum absolute atomic E-state index is 13.5. The van der Waals surface area contributed by atoms with Crippen molar-refractivity contribution in [1.29, 1.82) is 0 Å². The summed E-state index contributed by atoms with van der Waals surface area (Å²) in [5, 5.41) is 0. The third kappa shape index (κ3) is 3.68. The molecule has 0 unspecified atom stereocenters. The zero-order valence-corrected chi connectivity index (χ0v) is 16.4. The van der Waals surface area contributed by atoms with Crippen LogP contribution in [-0.2, 0) is 0 Å². The molecule has 2 aromatic heterocycles. The van der Waals surface area contributed by atoms with Crippen molar-refractivity contribution in [2.45, 2.75) is 31.7 Å². The van der Waals surface area contributed by atoms with E-state index in [0.717, 1.165) is 35.5 Å². The zero-order valence-electron chi connectivity index (χ0n) is 16.4. The summed E-state index contributed by atoms with van der Waals surface area (Å²) in [6.07, 6.45) is 8.22. The molecule has 0 saturated heterocycles. The van der Waals surface area contributed by atoms with Gasteiger partial charge < -0.3 is 9.30 Å². The number of ether oxygens (including phenoxy) is 1. The Morgan fingerprint density at radius 2 is 1.67 bits per heavy atom. The fourth-order valence-corrected chi connectivity index (χ4v) is 4.01. The number of nitrogens with zero attached hydrogens (tertiary/aromatic N) is 4. The monoisotopic (exact) mass is 400 g/mol. The highest BCUT2D eigenvalue weighted by atomic mass is 19.1. The Kier molecular flexibility index (Phi) is 4.97. The quantitative estimate of drug-likeness (QED) is 0.409. The second kappa shape index (κ2) is 8.06. The zero-order chi connectivity index (χ0) is 20.3. The summed E-state index contributed by atoms with van der Waals surface area (Å²) in [6.45, 7) is 0. The van der Waals surface area contributed by atoms with Gasteiger partial charge in [-0.3, -0.25) is 0 Å². The molecule has 0 atom stereocenters. The van der Waals surface area contributed by atoms with Crippen LogP contribution in [-0.4, -0.2) is 19.5 Å². The van der Waals surface area contributed by atoms with E-state index in [1.54, 1.807) is 18.3 Å². The number of imidazole rings is 1. The van der Waals surface area contributed by atoms with Gasteiger partial charge in [-0.05, 0) is 55.3 Å². The predicted molar refractivity (Wildman–Crippen MR) is 113 cm³/mol. The highest BCUT2D eigenvalue weighted by Gasteiger charge is 2.24. The molecule has 1 aliphatic rings. The van der Waals surface area contributed by atoms with E-state index in [2.05, 4.69) is 19.5 Å². The van der Waals surface area contributed by atoms with E-state index in [-0.39, 0.29) is 11.8 Å². The van der Waals surface area contributed by atoms with Gasteiger partial charge in [-0.15, -0.1) is 0 Å². The second-order valence-electron chi connectivity index (χ2n) is 7.43. The van der Waals surface area contributed by atoms with Crippen molar-refractivity contribution in [3.8, 4) is 34.4 Å².